The summed E-state index contributed by atoms with van der Waals surface area (Å²) in [6.45, 7) is 1.23. The van der Waals surface area contributed by atoms with E-state index in [1.165, 1.54) is 6.07 Å². The van der Waals surface area contributed by atoms with Crippen LogP contribution >= 0.6 is 0 Å². The van der Waals surface area contributed by atoms with E-state index in [1.807, 2.05) is 4.90 Å². The van der Waals surface area contributed by atoms with Gasteiger partial charge in [-0.05, 0) is 18.9 Å². The molecule has 1 aromatic carbocycles. The standard InChI is InChI=1S/C16H20N4O4/c21-15-9-11(10-19(15)12-5-6-12)16(22)18-8-7-17-13-3-1-2-4-14(13)20(23)24/h1-4,11-12,17H,5-10H2,(H,18,22). The number of benzene rings is 1. The normalized spacial score (nSPS) is 20.1. The van der Waals surface area contributed by atoms with Crippen LogP contribution in [-0.4, -0.2) is 47.3 Å². The molecule has 2 aliphatic rings. The van der Waals surface area contributed by atoms with Gasteiger partial charge in [-0.2, -0.15) is 0 Å². The second-order valence-electron chi connectivity index (χ2n) is 6.17. The molecule has 2 amide bonds. The molecule has 1 saturated carbocycles. The van der Waals surface area contributed by atoms with Gasteiger partial charge in [0, 0.05) is 38.2 Å². The van der Waals surface area contributed by atoms with Crippen LogP contribution in [0.25, 0.3) is 0 Å². The number of nitrogens with zero attached hydrogens (tertiary/aromatic N) is 2. The predicted molar refractivity (Wildman–Crippen MR) is 87.4 cm³/mol. The molecule has 0 bridgehead atoms. The third kappa shape index (κ3) is 3.64. The van der Waals surface area contributed by atoms with Gasteiger partial charge < -0.3 is 15.5 Å². The van der Waals surface area contributed by atoms with E-state index in [1.54, 1.807) is 18.2 Å². The minimum atomic E-state index is -0.447. The van der Waals surface area contributed by atoms with Gasteiger partial charge in [0.25, 0.3) is 5.69 Å². The second-order valence-corrected chi connectivity index (χ2v) is 6.17. The highest BCUT2D eigenvalue weighted by atomic mass is 16.6. The number of likely N-dealkylation sites (tertiary alicyclic amines) is 1. The van der Waals surface area contributed by atoms with E-state index in [0.717, 1.165) is 12.8 Å². The summed E-state index contributed by atoms with van der Waals surface area (Å²) in [5.41, 5.74) is 0.429. The van der Waals surface area contributed by atoms with Gasteiger partial charge in [0.1, 0.15) is 5.69 Å². The van der Waals surface area contributed by atoms with Crippen molar-refractivity contribution in [1.82, 2.24) is 10.2 Å². The van der Waals surface area contributed by atoms with Crippen LogP contribution in [0.1, 0.15) is 19.3 Å². The molecule has 1 aromatic rings. The summed E-state index contributed by atoms with van der Waals surface area (Å²) in [4.78, 5) is 36.3. The summed E-state index contributed by atoms with van der Waals surface area (Å²) in [6, 6.07) is 6.72. The van der Waals surface area contributed by atoms with E-state index >= 15 is 0 Å². The summed E-state index contributed by atoms with van der Waals surface area (Å²) >= 11 is 0. The van der Waals surface area contributed by atoms with Crippen LogP contribution in [0.15, 0.2) is 24.3 Å². The molecule has 8 heteroatoms. The molecule has 0 radical (unpaired) electrons. The van der Waals surface area contributed by atoms with E-state index < -0.39 is 4.92 Å². The zero-order chi connectivity index (χ0) is 17.1. The predicted octanol–water partition coefficient (Wildman–Crippen LogP) is 1.13. The molecule has 24 heavy (non-hydrogen) atoms. The Labute approximate surface area is 139 Å². The first-order valence-electron chi connectivity index (χ1n) is 8.10. The fourth-order valence-corrected chi connectivity index (χ4v) is 2.96. The number of para-hydroxylation sites is 2. The lowest BCUT2D eigenvalue weighted by Gasteiger charge is -2.15. The number of nitro benzene ring substituents is 1. The molecule has 1 saturated heterocycles. The number of nitrogens with one attached hydrogen (secondary N) is 2. The quantitative estimate of drug-likeness (QED) is 0.442. The highest BCUT2D eigenvalue weighted by Crippen LogP contribution is 2.32. The number of anilines is 1. The number of nitro groups is 1. The first kappa shape index (κ1) is 16.2. The Hall–Kier alpha value is -2.64. The Balaban J connectivity index is 1.43. The van der Waals surface area contributed by atoms with Crippen LogP contribution in [-0.2, 0) is 9.59 Å². The minimum absolute atomic E-state index is 0.00490. The first-order valence-corrected chi connectivity index (χ1v) is 8.10. The lowest BCUT2D eigenvalue weighted by atomic mass is 10.1. The molecule has 2 fully saturated rings. The molecule has 1 heterocycles. The minimum Gasteiger partial charge on any atom is -0.378 e. The molecule has 1 aliphatic carbocycles. The molecule has 1 unspecified atom stereocenters. The average Bonchev–Trinajstić information content (AvgIpc) is 3.33. The van der Waals surface area contributed by atoms with Gasteiger partial charge in [0.15, 0.2) is 0 Å². The number of carbonyl (C=O) groups excluding carboxylic acids is 2. The molecule has 2 N–H and O–H groups in total. The van der Waals surface area contributed by atoms with Gasteiger partial charge in [0.05, 0.1) is 10.8 Å². The van der Waals surface area contributed by atoms with Crippen LogP contribution in [0.4, 0.5) is 11.4 Å². The van der Waals surface area contributed by atoms with Crippen LogP contribution in [0.2, 0.25) is 0 Å². The van der Waals surface area contributed by atoms with Gasteiger partial charge >= 0.3 is 0 Å². The molecular formula is C16H20N4O4. The van der Waals surface area contributed by atoms with Crippen molar-refractivity contribution in [1.29, 1.82) is 0 Å². The molecule has 3 rings (SSSR count). The fraction of sp³-hybridized carbons (Fsp3) is 0.500. The van der Waals surface area contributed by atoms with Gasteiger partial charge in [0.2, 0.25) is 11.8 Å². The van der Waals surface area contributed by atoms with Crippen molar-refractivity contribution in [2.75, 3.05) is 25.0 Å². The van der Waals surface area contributed by atoms with Crippen molar-refractivity contribution in [2.24, 2.45) is 5.92 Å². The second kappa shape index (κ2) is 6.86. The molecule has 8 nitrogen and oxygen atoms in total. The zero-order valence-corrected chi connectivity index (χ0v) is 13.2. The zero-order valence-electron chi connectivity index (χ0n) is 13.2. The highest BCUT2D eigenvalue weighted by molar-refractivity contribution is 5.89. The molecular weight excluding hydrogens is 312 g/mol. The van der Waals surface area contributed by atoms with E-state index in [0.29, 0.717) is 31.4 Å². The lowest BCUT2D eigenvalue weighted by Crippen LogP contribution is -2.36. The summed E-state index contributed by atoms with van der Waals surface area (Å²) in [5, 5.41) is 16.7. The smallest absolute Gasteiger partial charge is 0.292 e. The number of hydrogen-bond acceptors (Lipinski definition) is 5. The number of amides is 2. The molecule has 128 valence electrons. The van der Waals surface area contributed by atoms with Gasteiger partial charge in [-0.3, -0.25) is 19.7 Å². The Morgan fingerprint density at radius 1 is 1.29 bits per heavy atom. The van der Waals surface area contributed by atoms with Crippen molar-refractivity contribution in [3.63, 3.8) is 0 Å². The third-order valence-electron chi connectivity index (χ3n) is 4.36. The lowest BCUT2D eigenvalue weighted by molar-refractivity contribution is -0.384. The largest absolute Gasteiger partial charge is 0.378 e. The maximum Gasteiger partial charge on any atom is 0.292 e. The van der Waals surface area contributed by atoms with Gasteiger partial charge in [-0.25, -0.2) is 0 Å². The molecule has 0 aromatic heterocycles. The summed E-state index contributed by atoms with van der Waals surface area (Å²) in [7, 11) is 0. The first-order chi connectivity index (χ1) is 11.6. The average molecular weight is 332 g/mol. The Kier molecular flexibility index (Phi) is 4.64. The van der Waals surface area contributed by atoms with Crippen LogP contribution < -0.4 is 10.6 Å². The number of rotatable bonds is 7. The highest BCUT2D eigenvalue weighted by Gasteiger charge is 2.41. The van der Waals surface area contributed by atoms with Crippen molar-refractivity contribution in [3.8, 4) is 0 Å². The van der Waals surface area contributed by atoms with E-state index in [9.17, 15) is 19.7 Å². The maximum absolute atomic E-state index is 12.1. The molecule has 0 spiro atoms. The van der Waals surface area contributed by atoms with Crippen molar-refractivity contribution in [3.05, 3.63) is 34.4 Å². The number of hydrogen-bond donors (Lipinski definition) is 2. The van der Waals surface area contributed by atoms with E-state index in [-0.39, 0.29) is 29.8 Å². The maximum atomic E-state index is 12.1. The Morgan fingerprint density at radius 3 is 2.75 bits per heavy atom. The monoisotopic (exact) mass is 332 g/mol. The fourth-order valence-electron chi connectivity index (χ4n) is 2.96. The summed E-state index contributed by atoms with van der Waals surface area (Å²) in [6.07, 6.45) is 2.36. The van der Waals surface area contributed by atoms with Crippen LogP contribution in [0, 0.1) is 16.0 Å². The molecule has 1 atom stereocenters. The van der Waals surface area contributed by atoms with Crippen molar-refractivity contribution in [2.45, 2.75) is 25.3 Å². The summed E-state index contributed by atoms with van der Waals surface area (Å²) in [5.74, 6) is -0.351. The Bertz CT molecular complexity index is 659. The van der Waals surface area contributed by atoms with Gasteiger partial charge in [-0.1, -0.05) is 12.1 Å². The van der Waals surface area contributed by atoms with E-state index in [2.05, 4.69) is 10.6 Å². The topological polar surface area (TPSA) is 105 Å². The Morgan fingerprint density at radius 2 is 2.04 bits per heavy atom. The summed E-state index contributed by atoms with van der Waals surface area (Å²) < 4.78 is 0. The van der Waals surface area contributed by atoms with E-state index in [4.69, 9.17) is 0 Å². The van der Waals surface area contributed by atoms with Crippen LogP contribution in [0.3, 0.4) is 0 Å². The van der Waals surface area contributed by atoms with Crippen molar-refractivity contribution < 1.29 is 14.5 Å². The third-order valence-corrected chi connectivity index (χ3v) is 4.36. The van der Waals surface area contributed by atoms with Crippen LogP contribution in [0.5, 0.6) is 0 Å². The number of carbonyl (C=O) groups is 2. The SMILES string of the molecule is O=C(NCCNc1ccccc1[N+](=O)[O-])C1CC(=O)N(C2CC2)C1. The molecule has 1 aliphatic heterocycles. The van der Waals surface area contributed by atoms with Gasteiger partial charge in [-0.15, -0.1) is 0 Å². The van der Waals surface area contributed by atoms with Crippen molar-refractivity contribution >= 4 is 23.2 Å².